The molecule has 1 aliphatic heterocycles. The Bertz CT molecular complexity index is 295. The fraction of sp³-hybridized carbons (Fsp3) is 0.929. The first-order chi connectivity index (χ1) is 9.15. The van der Waals surface area contributed by atoms with Gasteiger partial charge in [0.15, 0.2) is 0 Å². The third-order valence-electron chi connectivity index (χ3n) is 4.82. The van der Waals surface area contributed by atoms with E-state index < -0.39 is 0 Å². The summed E-state index contributed by atoms with van der Waals surface area (Å²) in [6.07, 6.45) is 7.98. The van der Waals surface area contributed by atoms with Gasteiger partial charge in [-0.25, -0.2) is 4.79 Å². The molecule has 4 N–H and O–H groups in total. The number of hydrogen-bond acceptors (Lipinski definition) is 3. The molecular weight excluding hydrogens is 242 g/mol. The molecule has 0 aromatic carbocycles. The molecule has 19 heavy (non-hydrogen) atoms. The van der Waals surface area contributed by atoms with Crippen molar-refractivity contribution in [3.63, 3.8) is 0 Å². The second-order valence-electron chi connectivity index (χ2n) is 6.20. The number of primary amides is 1. The van der Waals surface area contributed by atoms with Gasteiger partial charge in [-0.2, -0.15) is 0 Å². The van der Waals surface area contributed by atoms with Crippen molar-refractivity contribution in [1.29, 1.82) is 0 Å². The molecule has 5 heteroatoms. The number of aliphatic hydroxyl groups is 1. The first-order valence-corrected chi connectivity index (χ1v) is 7.54. The molecule has 0 atom stereocenters. The van der Waals surface area contributed by atoms with Crippen molar-refractivity contribution < 1.29 is 9.90 Å². The van der Waals surface area contributed by atoms with Gasteiger partial charge in [-0.3, -0.25) is 0 Å². The van der Waals surface area contributed by atoms with Gasteiger partial charge in [-0.05, 0) is 25.7 Å². The number of urea groups is 1. The van der Waals surface area contributed by atoms with Crippen LogP contribution in [0.3, 0.4) is 0 Å². The van der Waals surface area contributed by atoms with Crippen molar-refractivity contribution in [3.05, 3.63) is 0 Å². The summed E-state index contributed by atoms with van der Waals surface area (Å²) in [5.74, 6) is 0. The first-order valence-electron chi connectivity index (χ1n) is 7.54. The second kappa shape index (κ2) is 6.57. The highest BCUT2D eigenvalue weighted by Crippen LogP contribution is 2.35. The van der Waals surface area contributed by atoms with Crippen LogP contribution in [0.2, 0.25) is 0 Å². The number of piperidine rings is 1. The van der Waals surface area contributed by atoms with Gasteiger partial charge in [0.1, 0.15) is 0 Å². The summed E-state index contributed by atoms with van der Waals surface area (Å²) in [7, 11) is 0. The number of carbonyl (C=O) groups is 1. The average molecular weight is 269 g/mol. The molecule has 110 valence electrons. The van der Waals surface area contributed by atoms with Crippen molar-refractivity contribution in [2.24, 2.45) is 11.1 Å². The number of hydrogen-bond donors (Lipinski definition) is 3. The van der Waals surface area contributed by atoms with Crippen molar-refractivity contribution in [3.8, 4) is 0 Å². The Morgan fingerprint density at radius 2 is 1.89 bits per heavy atom. The molecule has 2 amide bonds. The summed E-state index contributed by atoms with van der Waals surface area (Å²) >= 11 is 0. The summed E-state index contributed by atoms with van der Waals surface area (Å²) in [5.41, 5.74) is 5.38. The maximum Gasteiger partial charge on any atom is 0.314 e. The maximum absolute atomic E-state index is 11.1. The molecule has 2 aliphatic rings. The summed E-state index contributed by atoms with van der Waals surface area (Å²) < 4.78 is 0. The zero-order valence-corrected chi connectivity index (χ0v) is 11.7. The van der Waals surface area contributed by atoms with Crippen LogP contribution in [0.1, 0.15) is 44.9 Å². The van der Waals surface area contributed by atoms with E-state index in [2.05, 4.69) is 5.32 Å². The number of carbonyl (C=O) groups excluding carboxylic acids is 1. The molecule has 0 unspecified atom stereocenters. The molecule has 1 saturated carbocycles. The van der Waals surface area contributed by atoms with E-state index in [0.29, 0.717) is 12.6 Å². The van der Waals surface area contributed by atoms with Crippen LogP contribution in [-0.4, -0.2) is 48.3 Å². The van der Waals surface area contributed by atoms with Gasteiger partial charge in [0, 0.05) is 37.7 Å². The molecule has 1 heterocycles. The van der Waals surface area contributed by atoms with Crippen LogP contribution in [0.25, 0.3) is 0 Å². The van der Waals surface area contributed by atoms with Gasteiger partial charge in [-0.15, -0.1) is 0 Å². The van der Waals surface area contributed by atoms with E-state index in [4.69, 9.17) is 5.73 Å². The monoisotopic (exact) mass is 269 g/mol. The number of likely N-dealkylation sites (tertiary alicyclic amines) is 1. The Balaban J connectivity index is 1.75. The molecular formula is C14H27N3O2. The van der Waals surface area contributed by atoms with Crippen LogP contribution < -0.4 is 11.1 Å². The van der Waals surface area contributed by atoms with Gasteiger partial charge in [-0.1, -0.05) is 19.3 Å². The minimum absolute atomic E-state index is 0.0963. The predicted octanol–water partition coefficient (Wildman–Crippen LogP) is 1.06. The van der Waals surface area contributed by atoms with Gasteiger partial charge in [0.05, 0.1) is 0 Å². The average Bonchev–Trinajstić information content (AvgIpc) is 2.46. The lowest BCUT2D eigenvalue weighted by Crippen LogP contribution is -2.49. The van der Waals surface area contributed by atoms with E-state index in [9.17, 15) is 9.90 Å². The van der Waals surface area contributed by atoms with E-state index in [0.717, 1.165) is 45.3 Å². The third-order valence-corrected chi connectivity index (χ3v) is 4.82. The van der Waals surface area contributed by atoms with E-state index in [1.807, 2.05) is 0 Å². The fourth-order valence-corrected chi connectivity index (χ4v) is 3.36. The summed E-state index contributed by atoms with van der Waals surface area (Å²) in [4.78, 5) is 12.8. The van der Waals surface area contributed by atoms with Crippen LogP contribution >= 0.6 is 0 Å². The van der Waals surface area contributed by atoms with Crippen LogP contribution in [0.5, 0.6) is 0 Å². The molecule has 2 fully saturated rings. The van der Waals surface area contributed by atoms with Crippen LogP contribution in [0.15, 0.2) is 0 Å². The molecule has 1 saturated heterocycles. The Hall–Kier alpha value is -0.810. The Morgan fingerprint density at radius 3 is 2.42 bits per heavy atom. The van der Waals surface area contributed by atoms with Gasteiger partial charge >= 0.3 is 6.03 Å². The molecule has 5 nitrogen and oxygen atoms in total. The second-order valence-corrected chi connectivity index (χ2v) is 6.20. The number of amides is 2. The Labute approximate surface area is 115 Å². The molecule has 0 radical (unpaired) electrons. The lowest BCUT2D eigenvalue weighted by molar-refractivity contribution is 0.0751. The predicted molar refractivity (Wildman–Crippen MR) is 74.8 cm³/mol. The van der Waals surface area contributed by atoms with Gasteiger partial charge in [0.25, 0.3) is 0 Å². The van der Waals surface area contributed by atoms with Gasteiger partial charge < -0.3 is 21.1 Å². The first kappa shape index (κ1) is 14.6. The molecule has 2 rings (SSSR count). The zero-order chi connectivity index (χ0) is 13.7. The summed E-state index contributed by atoms with van der Waals surface area (Å²) in [5, 5.41) is 13.3. The van der Waals surface area contributed by atoms with E-state index >= 15 is 0 Å². The zero-order valence-electron chi connectivity index (χ0n) is 11.7. The highest BCUT2D eigenvalue weighted by molar-refractivity contribution is 5.72. The van der Waals surface area contributed by atoms with Crippen molar-refractivity contribution >= 4 is 6.03 Å². The number of nitrogens with two attached hydrogens (primary N) is 1. The highest BCUT2D eigenvalue weighted by atomic mass is 16.3. The maximum atomic E-state index is 11.1. The van der Waals surface area contributed by atoms with Gasteiger partial charge in [0.2, 0.25) is 0 Å². The lowest BCUT2D eigenvalue weighted by atomic mass is 9.74. The standard InChI is InChI=1S/C14H27N3O2/c15-13(19)17-8-4-12(5-9-17)16-10-14(11-18)6-2-1-3-7-14/h12,16,18H,1-11H2,(H2,15,19). The quantitative estimate of drug-likeness (QED) is 0.714. The smallest absolute Gasteiger partial charge is 0.314 e. The van der Waals surface area contributed by atoms with E-state index in [-0.39, 0.29) is 11.4 Å². The lowest BCUT2D eigenvalue weighted by Gasteiger charge is -2.38. The molecule has 0 spiro atoms. The fourth-order valence-electron chi connectivity index (χ4n) is 3.36. The van der Waals surface area contributed by atoms with Crippen molar-refractivity contribution in [2.45, 2.75) is 51.0 Å². The SMILES string of the molecule is NC(=O)N1CCC(NCC2(CO)CCCCC2)CC1. The van der Waals surface area contributed by atoms with Crippen molar-refractivity contribution in [1.82, 2.24) is 10.2 Å². The number of nitrogens with one attached hydrogen (secondary N) is 1. The Morgan fingerprint density at radius 1 is 1.26 bits per heavy atom. The minimum Gasteiger partial charge on any atom is -0.396 e. The van der Waals surface area contributed by atoms with Crippen LogP contribution in [0, 0.1) is 5.41 Å². The largest absolute Gasteiger partial charge is 0.396 e. The number of nitrogens with zero attached hydrogens (tertiary/aromatic N) is 1. The third kappa shape index (κ3) is 3.83. The minimum atomic E-state index is -0.308. The molecule has 0 aromatic rings. The Kier molecular flexibility index (Phi) is 5.05. The van der Waals surface area contributed by atoms with E-state index in [1.54, 1.807) is 4.90 Å². The highest BCUT2D eigenvalue weighted by Gasteiger charge is 2.32. The van der Waals surface area contributed by atoms with E-state index in [1.165, 1.54) is 19.3 Å². The molecule has 0 bridgehead atoms. The number of rotatable bonds is 4. The normalized spacial score (nSPS) is 24.4. The summed E-state index contributed by atoms with van der Waals surface area (Å²) in [6.45, 7) is 2.70. The van der Waals surface area contributed by atoms with Crippen LogP contribution in [0.4, 0.5) is 4.79 Å². The molecule has 1 aliphatic carbocycles. The van der Waals surface area contributed by atoms with Crippen LogP contribution in [-0.2, 0) is 0 Å². The number of aliphatic hydroxyl groups excluding tert-OH is 1. The van der Waals surface area contributed by atoms with Crippen molar-refractivity contribution in [2.75, 3.05) is 26.2 Å². The molecule has 0 aromatic heterocycles. The topological polar surface area (TPSA) is 78.6 Å². The summed E-state index contributed by atoms with van der Waals surface area (Å²) in [6, 6.07) is 0.151.